The van der Waals surface area contributed by atoms with Gasteiger partial charge in [0.1, 0.15) is 5.82 Å². The number of rotatable bonds is 8. The van der Waals surface area contributed by atoms with Gasteiger partial charge in [-0.05, 0) is 43.7 Å². The highest BCUT2D eigenvalue weighted by molar-refractivity contribution is 7.92. The molecule has 2 N–H and O–H groups in total. The second kappa shape index (κ2) is 9.47. The summed E-state index contributed by atoms with van der Waals surface area (Å²) >= 11 is 0. The van der Waals surface area contributed by atoms with E-state index in [1.165, 1.54) is 18.3 Å². The van der Waals surface area contributed by atoms with Gasteiger partial charge in [-0.3, -0.25) is 5.43 Å². The van der Waals surface area contributed by atoms with Crippen molar-refractivity contribution in [2.45, 2.75) is 28.9 Å². The topological polar surface area (TPSA) is 135 Å². The van der Waals surface area contributed by atoms with Gasteiger partial charge in [0, 0.05) is 18.4 Å². The Hall–Kier alpha value is -3.77. The number of sulfone groups is 2. The number of hydrazone groups is 1. The predicted molar refractivity (Wildman–Crippen MR) is 136 cm³/mol. The average Bonchev–Trinajstić information content (AvgIpc) is 3.28. The van der Waals surface area contributed by atoms with Crippen molar-refractivity contribution < 1.29 is 16.8 Å². The van der Waals surface area contributed by atoms with Gasteiger partial charge in [-0.25, -0.2) is 21.8 Å². The lowest BCUT2D eigenvalue weighted by Gasteiger charge is -2.15. The van der Waals surface area contributed by atoms with E-state index in [1.807, 2.05) is 0 Å². The number of nitrogens with one attached hydrogen (secondary N) is 2. The fourth-order valence-electron chi connectivity index (χ4n) is 3.24. The van der Waals surface area contributed by atoms with E-state index in [0.717, 1.165) is 6.26 Å². The van der Waals surface area contributed by atoms with Crippen LogP contribution in [0.3, 0.4) is 0 Å². The van der Waals surface area contributed by atoms with E-state index in [-0.39, 0.29) is 9.79 Å². The van der Waals surface area contributed by atoms with Crippen molar-refractivity contribution in [2.75, 3.05) is 17.0 Å². The zero-order chi connectivity index (χ0) is 25.2. The molecule has 0 spiro atoms. The highest BCUT2D eigenvalue weighted by Gasteiger charge is 2.23. The minimum Gasteiger partial charge on any atom is -0.339 e. The van der Waals surface area contributed by atoms with E-state index >= 15 is 0 Å². The second-order valence-electron chi connectivity index (χ2n) is 8.05. The van der Waals surface area contributed by atoms with Crippen molar-refractivity contribution in [2.24, 2.45) is 5.10 Å². The van der Waals surface area contributed by atoms with Crippen molar-refractivity contribution in [1.82, 2.24) is 14.6 Å². The molecule has 12 heteroatoms. The molecular formula is C23H24N6O4S2. The first-order chi connectivity index (χ1) is 16.6. The minimum absolute atomic E-state index is 0.192. The molecule has 2 heterocycles. The van der Waals surface area contributed by atoms with Gasteiger partial charge in [0.2, 0.25) is 0 Å². The van der Waals surface area contributed by atoms with Gasteiger partial charge < -0.3 is 5.32 Å². The van der Waals surface area contributed by atoms with Crippen LogP contribution in [0.1, 0.15) is 19.4 Å². The minimum atomic E-state index is -3.52. The number of benzene rings is 2. The smallest absolute Gasteiger partial charge is 0.182 e. The van der Waals surface area contributed by atoms with E-state index in [1.54, 1.807) is 73.1 Å². The zero-order valence-electron chi connectivity index (χ0n) is 19.2. The van der Waals surface area contributed by atoms with Gasteiger partial charge in [0.15, 0.2) is 31.1 Å². The normalized spacial score (nSPS) is 12.5. The Morgan fingerprint density at radius 1 is 1.00 bits per heavy atom. The Morgan fingerprint density at radius 2 is 1.71 bits per heavy atom. The van der Waals surface area contributed by atoms with Gasteiger partial charge in [-0.2, -0.15) is 14.7 Å². The first kappa shape index (κ1) is 24.4. The molecule has 0 saturated carbocycles. The summed E-state index contributed by atoms with van der Waals surface area (Å²) in [5.41, 5.74) is 4.49. The Morgan fingerprint density at radius 3 is 2.40 bits per heavy atom. The lowest BCUT2D eigenvalue weighted by Crippen LogP contribution is -2.16. The van der Waals surface area contributed by atoms with Crippen molar-refractivity contribution in [3.63, 3.8) is 0 Å². The first-order valence-corrected chi connectivity index (χ1v) is 14.0. The fourth-order valence-corrected chi connectivity index (χ4v) is 5.08. The Balaban J connectivity index is 1.62. The molecular weight excluding hydrogens is 488 g/mol. The Bertz CT molecular complexity index is 1610. The molecule has 4 aromatic rings. The fraction of sp³-hybridized carbons (Fsp3) is 0.174. The van der Waals surface area contributed by atoms with Crippen LogP contribution in [-0.4, -0.2) is 49.2 Å². The monoisotopic (exact) mass is 512 g/mol. The molecule has 4 rings (SSSR count). The number of hydrogen-bond acceptors (Lipinski definition) is 9. The van der Waals surface area contributed by atoms with Gasteiger partial charge in [-0.15, -0.1) is 0 Å². The summed E-state index contributed by atoms with van der Waals surface area (Å²) in [5.74, 6) is 0.885. The third-order valence-electron chi connectivity index (χ3n) is 5.14. The maximum absolute atomic E-state index is 12.8. The Kier molecular flexibility index (Phi) is 6.59. The van der Waals surface area contributed by atoms with Gasteiger partial charge in [0.25, 0.3) is 0 Å². The molecule has 0 atom stereocenters. The molecule has 0 unspecified atom stereocenters. The van der Waals surface area contributed by atoms with Crippen LogP contribution in [-0.2, 0) is 19.7 Å². The summed E-state index contributed by atoms with van der Waals surface area (Å²) in [4.78, 5) is 4.87. The van der Waals surface area contributed by atoms with Gasteiger partial charge in [0.05, 0.1) is 33.1 Å². The number of hydrogen-bond donors (Lipinski definition) is 2. The summed E-state index contributed by atoms with van der Waals surface area (Å²) in [5, 5.41) is 11.0. The second-order valence-corrected chi connectivity index (χ2v) is 12.5. The lowest BCUT2D eigenvalue weighted by atomic mass is 10.2. The van der Waals surface area contributed by atoms with Crippen molar-refractivity contribution >= 4 is 48.9 Å². The van der Waals surface area contributed by atoms with E-state index in [9.17, 15) is 16.8 Å². The van der Waals surface area contributed by atoms with Gasteiger partial charge >= 0.3 is 0 Å². The number of fused-ring (bicyclic) bond motifs is 1. The maximum Gasteiger partial charge on any atom is 0.182 e. The van der Waals surface area contributed by atoms with E-state index in [0.29, 0.717) is 28.5 Å². The summed E-state index contributed by atoms with van der Waals surface area (Å²) in [6, 6.07) is 16.4. The quantitative estimate of drug-likeness (QED) is 0.271. The highest BCUT2D eigenvalue weighted by Crippen LogP contribution is 2.28. The average molecular weight is 513 g/mol. The molecule has 2 aromatic carbocycles. The molecule has 0 radical (unpaired) electrons. The zero-order valence-corrected chi connectivity index (χ0v) is 20.9. The maximum atomic E-state index is 12.8. The van der Waals surface area contributed by atoms with Crippen LogP contribution in [0.2, 0.25) is 0 Å². The predicted octanol–water partition coefficient (Wildman–Crippen LogP) is 3.50. The summed E-state index contributed by atoms with van der Waals surface area (Å²) in [7, 11) is -6.79. The van der Waals surface area contributed by atoms with Crippen LogP contribution in [0.15, 0.2) is 81.8 Å². The van der Waals surface area contributed by atoms with Crippen molar-refractivity contribution in [1.29, 1.82) is 0 Å². The largest absolute Gasteiger partial charge is 0.339 e. The van der Waals surface area contributed by atoms with E-state index in [4.69, 9.17) is 0 Å². The molecule has 0 aliphatic heterocycles. The molecule has 0 saturated heterocycles. The van der Waals surface area contributed by atoms with Gasteiger partial charge in [-0.1, -0.05) is 24.3 Å². The number of nitrogens with zero attached hydrogens (tertiary/aromatic N) is 4. The third-order valence-corrected chi connectivity index (χ3v) is 8.48. The molecule has 35 heavy (non-hydrogen) atoms. The van der Waals surface area contributed by atoms with Crippen LogP contribution >= 0.6 is 0 Å². The van der Waals surface area contributed by atoms with Crippen LogP contribution < -0.4 is 10.7 Å². The summed E-state index contributed by atoms with van der Waals surface area (Å²) in [6.07, 6.45) is 4.27. The summed E-state index contributed by atoms with van der Waals surface area (Å²) < 4.78 is 50.4. The molecule has 0 amide bonds. The SMILES string of the molecule is CC(C)S(=O)(=O)c1ccccc1Nc1cc(N/N=C/c2ccc(S(C)(=O)=O)cc2)nc2ccnn12. The molecule has 2 aromatic heterocycles. The molecule has 10 nitrogen and oxygen atoms in total. The third kappa shape index (κ3) is 5.33. The van der Waals surface area contributed by atoms with Crippen molar-refractivity contribution in [3.05, 3.63) is 72.4 Å². The molecule has 0 aliphatic carbocycles. The van der Waals surface area contributed by atoms with Crippen LogP contribution in [0.25, 0.3) is 5.65 Å². The molecule has 0 bridgehead atoms. The number of para-hydroxylation sites is 1. The standard InChI is InChI=1S/C23H24N6O4S2/c1-16(2)35(32,33)20-7-5-4-6-19(20)26-23-14-21(27-22-12-13-25-29(22)23)28-24-15-17-8-10-18(11-9-17)34(3,30)31/h4-16,26H,1-3H3,(H,27,28)/b24-15+. The first-order valence-electron chi connectivity index (χ1n) is 10.6. The molecule has 0 aliphatic rings. The van der Waals surface area contributed by atoms with Crippen LogP contribution in [0.4, 0.5) is 17.3 Å². The van der Waals surface area contributed by atoms with Crippen molar-refractivity contribution in [3.8, 4) is 0 Å². The molecule has 0 fully saturated rings. The van der Waals surface area contributed by atoms with E-state index in [2.05, 4.69) is 25.9 Å². The number of anilines is 3. The number of aromatic nitrogens is 3. The van der Waals surface area contributed by atoms with E-state index < -0.39 is 24.9 Å². The Labute approximate surface area is 203 Å². The highest BCUT2D eigenvalue weighted by atomic mass is 32.2. The van der Waals surface area contributed by atoms with Crippen LogP contribution in [0.5, 0.6) is 0 Å². The van der Waals surface area contributed by atoms with Crippen LogP contribution in [0, 0.1) is 0 Å². The summed E-state index contributed by atoms with van der Waals surface area (Å²) in [6.45, 7) is 3.28. The molecule has 182 valence electrons. The lowest BCUT2D eigenvalue weighted by molar-refractivity contribution is 0.587.